The highest BCUT2D eigenvalue weighted by molar-refractivity contribution is 5.74. The Hall–Kier alpha value is -1.26. The van der Waals surface area contributed by atoms with Gasteiger partial charge in [0.25, 0.3) is 0 Å². The van der Waals surface area contributed by atoms with E-state index in [1.165, 1.54) is 0 Å². The van der Waals surface area contributed by atoms with Crippen LogP contribution in [0.15, 0.2) is 0 Å². The molecule has 0 bridgehead atoms. The molecular weight excluding hydrogens is 244 g/mol. The number of nitrogens with zero attached hydrogens (tertiary/aromatic N) is 1. The van der Waals surface area contributed by atoms with Gasteiger partial charge in [0.2, 0.25) is 0 Å². The molecule has 5 heteroatoms. The van der Waals surface area contributed by atoms with Crippen LogP contribution < -0.4 is 5.32 Å². The van der Waals surface area contributed by atoms with E-state index in [0.29, 0.717) is 6.54 Å². The average Bonchev–Trinajstić information content (AvgIpc) is 2.36. The minimum absolute atomic E-state index is 0.0218. The molecule has 0 aromatic heterocycles. The van der Waals surface area contributed by atoms with Crippen LogP contribution in [0.5, 0.6) is 0 Å². The summed E-state index contributed by atoms with van der Waals surface area (Å²) in [5.41, 5.74) is 0. The molecule has 5 nitrogen and oxygen atoms in total. The van der Waals surface area contributed by atoms with Gasteiger partial charge in [0, 0.05) is 26.1 Å². The molecule has 1 atom stereocenters. The molecule has 0 radical (unpaired) electrons. The fraction of sp³-hybridized carbons (Fsp3) is 0.857. The summed E-state index contributed by atoms with van der Waals surface area (Å²) in [5.74, 6) is -0.736. The van der Waals surface area contributed by atoms with Gasteiger partial charge in [-0.15, -0.1) is 0 Å². The molecule has 0 aliphatic rings. The first kappa shape index (κ1) is 17.7. The summed E-state index contributed by atoms with van der Waals surface area (Å²) in [6.45, 7) is 4.82. The molecule has 0 heterocycles. The second kappa shape index (κ2) is 10.6. The number of carbonyl (C=O) groups excluding carboxylic acids is 1. The Morgan fingerprint density at radius 3 is 2.42 bits per heavy atom. The topological polar surface area (TPSA) is 69.6 Å². The predicted octanol–water partition coefficient (Wildman–Crippen LogP) is 2.85. The van der Waals surface area contributed by atoms with Gasteiger partial charge in [0.05, 0.1) is 0 Å². The van der Waals surface area contributed by atoms with Crippen molar-refractivity contribution in [2.45, 2.75) is 64.8 Å². The Labute approximate surface area is 116 Å². The van der Waals surface area contributed by atoms with Crippen LogP contribution in [-0.4, -0.2) is 41.6 Å². The van der Waals surface area contributed by atoms with E-state index in [9.17, 15) is 9.59 Å². The normalized spacial score (nSPS) is 11.9. The second-order valence-electron chi connectivity index (χ2n) is 5.04. The van der Waals surface area contributed by atoms with E-state index in [-0.39, 0.29) is 18.5 Å². The molecule has 2 amide bonds. The molecule has 0 rings (SSSR count). The molecule has 0 spiro atoms. The lowest BCUT2D eigenvalue weighted by atomic mass is 10.1. The average molecular weight is 272 g/mol. The smallest absolute Gasteiger partial charge is 0.317 e. The van der Waals surface area contributed by atoms with Crippen LogP contribution in [0.1, 0.15) is 58.8 Å². The number of nitrogens with one attached hydrogen (secondary N) is 1. The van der Waals surface area contributed by atoms with Crippen molar-refractivity contribution in [2.24, 2.45) is 0 Å². The third-order valence-electron chi connectivity index (χ3n) is 3.28. The van der Waals surface area contributed by atoms with Crippen molar-refractivity contribution in [3.63, 3.8) is 0 Å². The molecule has 1 unspecified atom stereocenters. The fourth-order valence-electron chi connectivity index (χ4n) is 1.89. The number of urea groups is 1. The van der Waals surface area contributed by atoms with Crippen molar-refractivity contribution in [3.8, 4) is 0 Å². The summed E-state index contributed by atoms with van der Waals surface area (Å²) in [6.07, 6.45) is 5.81. The maximum atomic E-state index is 11.8. The summed E-state index contributed by atoms with van der Waals surface area (Å²) in [6, 6.07) is 0.243. The molecule has 0 fully saturated rings. The number of amides is 2. The van der Waals surface area contributed by atoms with Crippen molar-refractivity contribution >= 4 is 12.0 Å². The highest BCUT2D eigenvalue weighted by Gasteiger charge is 2.13. The SMILES string of the molecule is CCCC(C)N(C)C(=O)NCCCCCCC(=O)O. The van der Waals surface area contributed by atoms with E-state index < -0.39 is 5.97 Å². The highest BCUT2D eigenvalue weighted by Crippen LogP contribution is 2.05. The zero-order chi connectivity index (χ0) is 14.7. The van der Waals surface area contributed by atoms with Crippen LogP contribution >= 0.6 is 0 Å². The molecule has 0 aliphatic carbocycles. The third-order valence-corrected chi connectivity index (χ3v) is 3.28. The molecule has 0 aliphatic heterocycles. The number of carbonyl (C=O) groups is 2. The number of hydrogen-bond acceptors (Lipinski definition) is 2. The van der Waals surface area contributed by atoms with Gasteiger partial charge in [-0.2, -0.15) is 0 Å². The Morgan fingerprint density at radius 2 is 1.84 bits per heavy atom. The Morgan fingerprint density at radius 1 is 1.21 bits per heavy atom. The van der Waals surface area contributed by atoms with Gasteiger partial charge >= 0.3 is 12.0 Å². The van der Waals surface area contributed by atoms with E-state index >= 15 is 0 Å². The molecule has 0 aromatic rings. The lowest BCUT2D eigenvalue weighted by molar-refractivity contribution is -0.137. The minimum Gasteiger partial charge on any atom is -0.481 e. The van der Waals surface area contributed by atoms with Crippen molar-refractivity contribution in [3.05, 3.63) is 0 Å². The first-order valence-electron chi connectivity index (χ1n) is 7.21. The standard InChI is InChI=1S/C14H28N2O3/c1-4-9-12(2)16(3)14(19)15-11-8-6-5-7-10-13(17)18/h12H,4-11H2,1-3H3,(H,15,19)(H,17,18). The first-order chi connectivity index (χ1) is 8.99. The Bertz CT molecular complexity index is 269. The van der Waals surface area contributed by atoms with E-state index in [2.05, 4.69) is 19.2 Å². The van der Waals surface area contributed by atoms with Crippen LogP contribution in [0.4, 0.5) is 4.79 Å². The van der Waals surface area contributed by atoms with Crippen molar-refractivity contribution in [1.29, 1.82) is 0 Å². The van der Waals surface area contributed by atoms with Crippen molar-refractivity contribution in [1.82, 2.24) is 10.2 Å². The van der Waals surface area contributed by atoms with Crippen molar-refractivity contribution < 1.29 is 14.7 Å². The van der Waals surface area contributed by atoms with Crippen LogP contribution in [0.2, 0.25) is 0 Å². The zero-order valence-electron chi connectivity index (χ0n) is 12.4. The summed E-state index contributed by atoms with van der Waals surface area (Å²) in [7, 11) is 1.82. The van der Waals surface area contributed by atoms with Crippen LogP contribution in [0.3, 0.4) is 0 Å². The fourth-order valence-corrected chi connectivity index (χ4v) is 1.89. The maximum absolute atomic E-state index is 11.8. The van der Waals surface area contributed by atoms with E-state index in [0.717, 1.165) is 38.5 Å². The van der Waals surface area contributed by atoms with Gasteiger partial charge in [-0.1, -0.05) is 26.2 Å². The summed E-state index contributed by atoms with van der Waals surface area (Å²) >= 11 is 0. The molecular formula is C14H28N2O3. The summed E-state index contributed by atoms with van der Waals surface area (Å²) in [4.78, 5) is 23.8. The van der Waals surface area contributed by atoms with Gasteiger partial charge in [-0.25, -0.2) is 4.79 Å². The predicted molar refractivity (Wildman–Crippen MR) is 76.3 cm³/mol. The largest absolute Gasteiger partial charge is 0.481 e. The zero-order valence-corrected chi connectivity index (χ0v) is 12.4. The molecule has 112 valence electrons. The van der Waals surface area contributed by atoms with E-state index in [1.54, 1.807) is 4.90 Å². The minimum atomic E-state index is -0.736. The monoisotopic (exact) mass is 272 g/mol. The first-order valence-corrected chi connectivity index (χ1v) is 7.21. The Balaban J connectivity index is 3.55. The maximum Gasteiger partial charge on any atom is 0.317 e. The number of unbranched alkanes of at least 4 members (excludes halogenated alkanes) is 3. The van der Waals surface area contributed by atoms with Gasteiger partial charge in [0.15, 0.2) is 0 Å². The van der Waals surface area contributed by atoms with Gasteiger partial charge < -0.3 is 15.3 Å². The lowest BCUT2D eigenvalue weighted by Gasteiger charge is -2.24. The van der Waals surface area contributed by atoms with Gasteiger partial charge in [-0.3, -0.25) is 4.79 Å². The molecule has 2 N–H and O–H groups in total. The second-order valence-corrected chi connectivity index (χ2v) is 5.04. The summed E-state index contributed by atoms with van der Waals surface area (Å²) < 4.78 is 0. The Kier molecular flexibility index (Phi) is 9.94. The highest BCUT2D eigenvalue weighted by atomic mass is 16.4. The van der Waals surface area contributed by atoms with E-state index in [1.807, 2.05) is 7.05 Å². The molecule has 0 aromatic carbocycles. The number of rotatable bonds is 10. The number of carboxylic acid groups (broad SMARTS) is 1. The lowest BCUT2D eigenvalue weighted by Crippen LogP contribution is -2.42. The van der Waals surface area contributed by atoms with Gasteiger partial charge in [-0.05, 0) is 26.2 Å². The number of aliphatic carboxylic acids is 1. The van der Waals surface area contributed by atoms with Gasteiger partial charge in [0.1, 0.15) is 0 Å². The van der Waals surface area contributed by atoms with Crippen LogP contribution in [-0.2, 0) is 4.79 Å². The number of hydrogen-bond donors (Lipinski definition) is 2. The van der Waals surface area contributed by atoms with Crippen LogP contribution in [0.25, 0.3) is 0 Å². The van der Waals surface area contributed by atoms with E-state index in [4.69, 9.17) is 5.11 Å². The van der Waals surface area contributed by atoms with Crippen LogP contribution in [0, 0.1) is 0 Å². The summed E-state index contributed by atoms with van der Waals surface area (Å²) in [5, 5.41) is 11.4. The molecule has 19 heavy (non-hydrogen) atoms. The molecule has 0 saturated carbocycles. The quantitative estimate of drug-likeness (QED) is 0.601. The molecule has 0 saturated heterocycles. The number of carboxylic acids is 1. The van der Waals surface area contributed by atoms with Crippen molar-refractivity contribution in [2.75, 3.05) is 13.6 Å². The third kappa shape index (κ3) is 9.33.